The van der Waals surface area contributed by atoms with E-state index in [0.717, 1.165) is 7.87 Å². The number of alkyl halides is 2. The summed E-state index contributed by atoms with van der Waals surface area (Å²) >= 11 is 16.3. The second-order valence-corrected chi connectivity index (χ2v) is 7.47. The predicted molar refractivity (Wildman–Crippen MR) is 55.4 cm³/mol. The van der Waals surface area contributed by atoms with Gasteiger partial charge in [-0.25, -0.2) is 0 Å². The first-order valence-electron chi connectivity index (χ1n) is 1.54. The van der Waals surface area contributed by atoms with Gasteiger partial charge in [0, 0.05) is 4.48 Å². The van der Waals surface area contributed by atoms with Gasteiger partial charge in [0.15, 0.2) is 0 Å². The molecule has 0 bridgehead atoms. The highest BCUT2D eigenvalue weighted by molar-refractivity contribution is 9.29. The van der Waals surface area contributed by atoms with Crippen LogP contribution >= 0.6 is 79.6 Å². The fourth-order valence-corrected chi connectivity index (χ4v) is 2.23. The second kappa shape index (κ2) is 4.88. The fourth-order valence-electron chi connectivity index (χ4n) is 0.0825. The van der Waals surface area contributed by atoms with E-state index in [1.807, 2.05) is 0 Å². The number of allylic oxidation sites excluding steroid dienone is 1. The van der Waals surface area contributed by atoms with Crippen molar-refractivity contribution in [1.29, 1.82) is 0 Å². The number of hydrogen-bond acceptors (Lipinski definition) is 0. The molecule has 0 amide bonds. The monoisotopic (exact) mass is 432 g/mol. The predicted octanol–water partition coefficient (Wildman–Crippen LogP) is 4.46. The minimum Gasteiger partial charge on any atom is -0.0706 e. The third-order valence-electron chi connectivity index (χ3n) is 0.372. The molecule has 0 aromatic carbocycles. The summed E-state index contributed by atoms with van der Waals surface area (Å²) in [6, 6.07) is 0. The van der Waals surface area contributed by atoms with Crippen molar-refractivity contribution in [3.63, 3.8) is 0 Å². The Balaban J connectivity index is 4.00. The van der Waals surface area contributed by atoms with Crippen molar-refractivity contribution in [2.45, 2.75) is 3.74 Å². The molecule has 0 unspecified atom stereocenters. The van der Waals surface area contributed by atoms with Crippen molar-refractivity contribution in [3.05, 3.63) is 7.87 Å². The molecule has 0 aromatic rings. The van der Waals surface area contributed by atoms with Gasteiger partial charge in [0.05, 0.1) is 3.39 Å². The fraction of sp³-hybridized carbons (Fsp3) is 0.333. The van der Waals surface area contributed by atoms with Crippen LogP contribution in [-0.4, -0.2) is 3.74 Å². The third-order valence-corrected chi connectivity index (χ3v) is 5.29. The van der Waals surface area contributed by atoms with Crippen molar-refractivity contribution >= 4 is 79.6 Å². The average molecular weight is 437 g/mol. The highest BCUT2D eigenvalue weighted by Gasteiger charge is 2.04. The molecule has 0 saturated carbocycles. The summed E-state index contributed by atoms with van der Waals surface area (Å²) in [7, 11) is 0. The zero-order chi connectivity index (χ0) is 6.73. The maximum Gasteiger partial charge on any atom is 0.103 e. The SMILES string of the molecule is BrC(Br)=C(Br)C(Br)Br. The molecule has 0 rings (SSSR count). The molecule has 0 spiro atoms. The maximum atomic E-state index is 3.30. The quantitative estimate of drug-likeness (QED) is 0.533. The van der Waals surface area contributed by atoms with Gasteiger partial charge in [-0.05, 0) is 31.9 Å². The Morgan fingerprint density at radius 2 is 1.38 bits per heavy atom. The van der Waals surface area contributed by atoms with Crippen LogP contribution in [0, 0.1) is 0 Å². The lowest BCUT2D eigenvalue weighted by molar-refractivity contribution is 1.71. The number of rotatable bonds is 1. The third kappa shape index (κ3) is 4.04. The molecular weight excluding hydrogens is 436 g/mol. The van der Waals surface area contributed by atoms with Gasteiger partial charge >= 0.3 is 0 Å². The maximum absolute atomic E-state index is 3.30. The summed E-state index contributed by atoms with van der Waals surface area (Å²) < 4.78 is 2.07. The van der Waals surface area contributed by atoms with Crippen LogP contribution in [0.2, 0.25) is 0 Å². The van der Waals surface area contributed by atoms with E-state index in [2.05, 4.69) is 79.6 Å². The summed E-state index contributed by atoms with van der Waals surface area (Å²) in [5.74, 6) is 0. The zero-order valence-electron chi connectivity index (χ0n) is 3.47. The number of halogens is 5. The highest BCUT2D eigenvalue weighted by Crippen LogP contribution is 2.32. The van der Waals surface area contributed by atoms with Gasteiger partial charge in [0.2, 0.25) is 0 Å². The van der Waals surface area contributed by atoms with Gasteiger partial charge in [-0.3, -0.25) is 0 Å². The van der Waals surface area contributed by atoms with Crippen molar-refractivity contribution in [1.82, 2.24) is 0 Å². The molecule has 0 aliphatic heterocycles. The molecule has 0 nitrogen and oxygen atoms in total. The second-order valence-electron chi connectivity index (χ2n) is 0.909. The zero-order valence-corrected chi connectivity index (χ0v) is 11.4. The topological polar surface area (TPSA) is 0 Å². The Morgan fingerprint density at radius 3 is 1.38 bits per heavy atom. The molecule has 5 heteroatoms. The van der Waals surface area contributed by atoms with Crippen LogP contribution < -0.4 is 0 Å². The molecule has 8 heavy (non-hydrogen) atoms. The Hall–Kier alpha value is 2.14. The van der Waals surface area contributed by atoms with Crippen LogP contribution in [0.5, 0.6) is 0 Å². The smallest absolute Gasteiger partial charge is 0.0706 e. The lowest BCUT2D eigenvalue weighted by Crippen LogP contribution is -1.81. The van der Waals surface area contributed by atoms with E-state index in [9.17, 15) is 0 Å². The Bertz CT molecular complexity index is 100. The van der Waals surface area contributed by atoms with E-state index in [1.165, 1.54) is 0 Å². The van der Waals surface area contributed by atoms with Crippen molar-refractivity contribution in [2.24, 2.45) is 0 Å². The molecule has 0 fully saturated rings. The van der Waals surface area contributed by atoms with Gasteiger partial charge in [0.1, 0.15) is 3.74 Å². The summed E-state index contributed by atoms with van der Waals surface area (Å²) in [5.41, 5.74) is 0. The Morgan fingerprint density at radius 1 is 1.00 bits per heavy atom. The Kier molecular flexibility index (Phi) is 6.19. The molecule has 0 saturated heterocycles. The van der Waals surface area contributed by atoms with E-state index >= 15 is 0 Å². The summed E-state index contributed by atoms with van der Waals surface area (Å²) in [6.07, 6.45) is 0. The lowest BCUT2D eigenvalue weighted by atomic mass is 10.8. The van der Waals surface area contributed by atoms with E-state index in [0.29, 0.717) is 0 Å². The molecule has 0 aromatic heterocycles. The average Bonchev–Trinajstić information content (AvgIpc) is 1.64. The van der Waals surface area contributed by atoms with Crippen LogP contribution in [-0.2, 0) is 0 Å². The first-order valence-corrected chi connectivity index (χ1v) is 5.75. The minimum atomic E-state index is 0.170. The van der Waals surface area contributed by atoms with Crippen molar-refractivity contribution in [3.8, 4) is 0 Å². The molecule has 48 valence electrons. The summed E-state index contributed by atoms with van der Waals surface area (Å²) in [5, 5.41) is 0. The van der Waals surface area contributed by atoms with Crippen LogP contribution in [0.1, 0.15) is 0 Å². The van der Waals surface area contributed by atoms with E-state index in [4.69, 9.17) is 0 Å². The first-order chi connectivity index (χ1) is 3.55. The molecule has 0 N–H and O–H groups in total. The van der Waals surface area contributed by atoms with Gasteiger partial charge in [-0.1, -0.05) is 47.8 Å². The number of hydrogen-bond donors (Lipinski definition) is 0. The molecule has 0 atom stereocenters. The van der Waals surface area contributed by atoms with Crippen LogP contribution in [0.4, 0.5) is 0 Å². The summed E-state index contributed by atoms with van der Waals surface area (Å²) in [4.78, 5) is 0. The van der Waals surface area contributed by atoms with Gasteiger partial charge in [-0.2, -0.15) is 0 Å². The molecule has 0 radical (unpaired) electrons. The standard InChI is InChI=1S/C3HBr5/c4-1(2(5)6)3(7)8/h2H. The largest absolute Gasteiger partial charge is 0.103 e. The van der Waals surface area contributed by atoms with Crippen LogP contribution in [0.25, 0.3) is 0 Å². The van der Waals surface area contributed by atoms with Crippen molar-refractivity contribution in [2.75, 3.05) is 0 Å². The minimum absolute atomic E-state index is 0.170. The van der Waals surface area contributed by atoms with Gasteiger partial charge < -0.3 is 0 Å². The molecule has 0 heterocycles. The molecular formula is C3HBr5. The van der Waals surface area contributed by atoms with Gasteiger partial charge in [-0.15, -0.1) is 0 Å². The molecule has 0 aliphatic rings. The van der Waals surface area contributed by atoms with E-state index in [-0.39, 0.29) is 3.74 Å². The van der Waals surface area contributed by atoms with Crippen LogP contribution in [0.3, 0.4) is 0 Å². The first kappa shape index (κ1) is 10.1. The Labute approximate surface area is 90.1 Å². The van der Waals surface area contributed by atoms with Gasteiger partial charge in [0.25, 0.3) is 0 Å². The van der Waals surface area contributed by atoms with E-state index < -0.39 is 0 Å². The van der Waals surface area contributed by atoms with E-state index in [1.54, 1.807) is 0 Å². The lowest BCUT2D eigenvalue weighted by Gasteiger charge is -1.97. The molecule has 0 aliphatic carbocycles. The normalized spacial score (nSPS) is 9.75. The summed E-state index contributed by atoms with van der Waals surface area (Å²) in [6.45, 7) is 0. The van der Waals surface area contributed by atoms with Crippen molar-refractivity contribution < 1.29 is 0 Å². The highest BCUT2D eigenvalue weighted by atomic mass is 79.9. The van der Waals surface area contributed by atoms with Crippen LogP contribution in [0.15, 0.2) is 7.87 Å².